The van der Waals surface area contributed by atoms with Gasteiger partial charge in [0.15, 0.2) is 0 Å². The topological polar surface area (TPSA) is 41.4 Å². The molecule has 0 aliphatic carbocycles. The van der Waals surface area contributed by atoms with Crippen LogP contribution in [0.2, 0.25) is 0 Å². The van der Waals surface area contributed by atoms with E-state index in [2.05, 4.69) is 48.1 Å². The summed E-state index contributed by atoms with van der Waals surface area (Å²) in [6.45, 7) is 7.61. The molecule has 0 radical (unpaired) electrons. The Morgan fingerprint density at radius 1 is 1.04 bits per heavy atom. The Morgan fingerprint density at radius 3 is 2.22 bits per heavy atom. The second-order valence-electron chi connectivity index (χ2n) is 6.40. The number of amides is 1. The number of aryl methyl sites for hydroxylation is 1. The predicted molar refractivity (Wildman–Crippen MR) is 91.9 cm³/mol. The monoisotopic (exact) mass is 312 g/mol. The van der Waals surface area contributed by atoms with Crippen molar-refractivity contribution in [2.75, 3.05) is 31.1 Å². The molecule has 1 aromatic heterocycles. The number of hydrogen-bond acceptors (Lipinski definition) is 3. The molecule has 0 atom stereocenters. The Hall–Kier alpha value is -2.30. The molecule has 23 heavy (non-hydrogen) atoms. The van der Waals surface area contributed by atoms with Gasteiger partial charge in [-0.15, -0.1) is 0 Å². The second-order valence-corrected chi connectivity index (χ2v) is 6.40. The van der Waals surface area contributed by atoms with E-state index >= 15 is 0 Å². The Kier molecular flexibility index (Phi) is 4.37. The SMILES string of the molecule is CC(C)c1ccc(N2CCN(C(=O)c3ccn(C)n3)CC2)cc1. The molecular formula is C18H24N4O. The van der Waals surface area contributed by atoms with Gasteiger partial charge in [0.1, 0.15) is 5.69 Å². The third-order valence-corrected chi connectivity index (χ3v) is 4.42. The van der Waals surface area contributed by atoms with E-state index in [1.54, 1.807) is 16.9 Å². The summed E-state index contributed by atoms with van der Waals surface area (Å²) in [5, 5.41) is 4.20. The Balaban J connectivity index is 1.60. The van der Waals surface area contributed by atoms with Gasteiger partial charge in [-0.3, -0.25) is 9.48 Å². The van der Waals surface area contributed by atoms with Gasteiger partial charge in [-0.25, -0.2) is 0 Å². The summed E-state index contributed by atoms with van der Waals surface area (Å²) in [4.78, 5) is 16.6. The van der Waals surface area contributed by atoms with Gasteiger partial charge >= 0.3 is 0 Å². The average Bonchev–Trinajstić information content (AvgIpc) is 3.01. The van der Waals surface area contributed by atoms with Crippen LogP contribution >= 0.6 is 0 Å². The van der Waals surface area contributed by atoms with Gasteiger partial charge < -0.3 is 9.80 Å². The number of benzene rings is 1. The highest BCUT2D eigenvalue weighted by Gasteiger charge is 2.23. The lowest BCUT2D eigenvalue weighted by Crippen LogP contribution is -2.48. The molecule has 0 unspecified atom stereocenters. The molecule has 1 aromatic carbocycles. The van der Waals surface area contributed by atoms with Crippen LogP contribution in [0.3, 0.4) is 0 Å². The van der Waals surface area contributed by atoms with Crippen molar-refractivity contribution in [3.63, 3.8) is 0 Å². The summed E-state index contributed by atoms with van der Waals surface area (Å²) in [6.07, 6.45) is 1.81. The smallest absolute Gasteiger partial charge is 0.274 e. The van der Waals surface area contributed by atoms with Crippen LogP contribution in [0.25, 0.3) is 0 Å². The molecular weight excluding hydrogens is 288 g/mol. The van der Waals surface area contributed by atoms with Crippen LogP contribution in [0, 0.1) is 0 Å². The van der Waals surface area contributed by atoms with Gasteiger partial charge in [0.25, 0.3) is 5.91 Å². The lowest BCUT2D eigenvalue weighted by atomic mass is 10.0. The maximum atomic E-state index is 12.4. The zero-order chi connectivity index (χ0) is 16.4. The van der Waals surface area contributed by atoms with Gasteiger partial charge in [-0.1, -0.05) is 26.0 Å². The molecule has 0 N–H and O–H groups in total. The zero-order valence-corrected chi connectivity index (χ0v) is 14.1. The number of nitrogens with zero attached hydrogens (tertiary/aromatic N) is 4. The molecule has 3 rings (SSSR count). The van der Waals surface area contributed by atoms with Crippen molar-refractivity contribution in [1.82, 2.24) is 14.7 Å². The number of rotatable bonds is 3. The van der Waals surface area contributed by atoms with E-state index < -0.39 is 0 Å². The first-order valence-electron chi connectivity index (χ1n) is 8.18. The number of hydrogen-bond donors (Lipinski definition) is 0. The van der Waals surface area contributed by atoms with Crippen molar-refractivity contribution < 1.29 is 4.79 Å². The number of aromatic nitrogens is 2. The number of piperazine rings is 1. The number of carbonyl (C=O) groups is 1. The van der Waals surface area contributed by atoms with Crippen LogP contribution in [0.15, 0.2) is 36.5 Å². The van der Waals surface area contributed by atoms with E-state index in [1.165, 1.54) is 11.3 Å². The highest BCUT2D eigenvalue weighted by atomic mass is 16.2. The number of carbonyl (C=O) groups excluding carboxylic acids is 1. The fourth-order valence-corrected chi connectivity index (χ4v) is 2.93. The molecule has 5 heteroatoms. The van der Waals surface area contributed by atoms with Crippen LogP contribution in [0.5, 0.6) is 0 Å². The van der Waals surface area contributed by atoms with Gasteiger partial charge in [-0.2, -0.15) is 5.10 Å². The first kappa shape index (κ1) is 15.6. The minimum atomic E-state index is 0.0282. The van der Waals surface area contributed by atoms with E-state index in [4.69, 9.17) is 0 Å². The summed E-state index contributed by atoms with van der Waals surface area (Å²) < 4.78 is 1.67. The Morgan fingerprint density at radius 2 is 1.70 bits per heavy atom. The molecule has 1 amide bonds. The summed E-state index contributed by atoms with van der Waals surface area (Å²) in [5.41, 5.74) is 3.12. The minimum absolute atomic E-state index is 0.0282. The maximum absolute atomic E-state index is 12.4. The molecule has 1 aliphatic rings. The molecule has 0 bridgehead atoms. The van der Waals surface area contributed by atoms with E-state index in [1.807, 2.05) is 11.9 Å². The largest absolute Gasteiger partial charge is 0.368 e. The van der Waals surface area contributed by atoms with Crippen LogP contribution in [-0.4, -0.2) is 46.8 Å². The fraction of sp³-hybridized carbons (Fsp3) is 0.444. The van der Waals surface area contributed by atoms with Crippen LogP contribution in [-0.2, 0) is 7.05 Å². The van der Waals surface area contributed by atoms with E-state index in [0.717, 1.165) is 26.2 Å². The van der Waals surface area contributed by atoms with E-state index in [9.17, 15) is 4.79 Å². The third kappa shape index (κ3) is 3.38. The quantitative estimate of drug-likeness (QED) is 0.874. The van der Waals surface area contributed by atoms with E-state index in [-0.39, 0.29) is 5.91 Å². The molecule has 122 valence electrons. The first-order valence-corrected chi connectivity index (χ1v) is 8.18. The lowest BCUT2D eigenvalue weighted by Gasteiger charge is -2.36. The third-order valence-electron chi connectivity index (χ3n) is 4.42. The molecule has 1 saturated heterocycles. The summed E-state index contributed by atoms with van der Waals surface area (Å²) in [5.74, 6) is 0.581. The molecule has 2 aromatic rings. The van der Waals surface area contributed by atoms with Crippen molar-refractivity contribution in [2.24, 2.45) is 7.05 Å². The van der Waals surface area contributed by atoms with Crippen molar-refractivity contribution >= 4 is 11.6 Å². The van der Waals surface area contributed by atoms with E-state index in [0.29, 0.717) is 11.6 Å². The van der Waals surface area contributed by atoms with Crippen molar-refractivity contribution in [3.8, 4) is 0 Å². The standard InChI is InChI=1S/C18H24N4O/c1-14(2)15-4-6-16(7-5-15)21-10-12-22(13-11-21)18(23)17-8-9-20(3)19-17/h4-9,14H,10-13H2,1-3H3. The highest BCUT2D eigenvalue weighted by Crippen LogP contribution is 2.21. The van der Waals surface area contributed by atoms with Gasteiger partial charge in [0.2, 0.25) is 0 Å². The molecule has 0 saturated carbocycles. The normalized spacial score (nSPS) is 15.3. The summed E-state index contributed by atoms with van der Waals surface area (Å²) in [7, 11) is 1.83. The highest BCUT2D eigenvalue weighted by molar-refractivity contribution is 5.92. The molecule has 2 heterocycles. The molecule has 1 aliphatic heterocycles. The predicted octanol–water partition coefficient (Wildman–Crippen LogP) is 2.51. The first-order chi connectivity index (χ1) is 11.0. The van der Waals surface area contributed by atoms with Crippen LogP contribution < -0.4 is 4.90 Å². The van der Waals surface area contributed by atoms with Gasteiger partial charge in [-0.05, 0) is 29.7 Å². The number of anilines is 1. The Labute approximate surface area is 137 Å². The van der Waals surface area contributed by atoms with Gasteiger partial charge in [0, 0.05) is 45.1 Å². The second kappa shape index (κ2) is 6.44. The maximum Gasteiger partial charge on any atom is 0.274 e. The van der Waals surface area contributed by atoms with Crippen LogP contribution in [0.1, 0.15) is 35.8 Å². The summed E-state index contributed by atoms with van der Waals surface area (Å²) >= 11 is 0. The minimum Gasteiger partial charge on any atom is -0.368 e. The van der Waals surface area contributed by atoms with Gasteiger partial charge in [0.05, 0.1) is 0 Å². The fourth-order valence-electron chi connectivity index (χ4n) is 2.93. The van der Waals surface area contributed by atoms with Crippen molar-refractivity contribution in [2.45, 2.75) is 19.8 Å². The molecule has 1 fully saturated rings. The van der Waals surface area contributed by atoms with Crippen molar-refractivity contribution in [3.05, 3.63) is 47.8 Å². The van der Waals surface area contributed by atoms with Crippen LogP contribution in [0.4, 0.5) is 5.69 Å². The molecule has 0 spiro atoms. The zero-order valence-electron chi connectivity index (χ0n) is 14.1. The average molecular weight is 312 g/mol. The van der Waals surface area contributed by atoms with Crippen molar-refractivity contribution in [1.29, 1.82) is 0 Å². The lowest BCUT2D eigenvalue weighted by molar-refractivity contribution is 0.0740. The Bertz CT molecular complexity index is 667. The summed E-state index contributed by atoms with van der Waals surface area (Å²) in [6, 6.07) is 10.5. The molecule has 5 nitrogen and oxygen atoms in total.